The van der Waals surface area contributed by atoms with Gasteiger partial charge in [-0.25, -0.2) is 4.79 Å². The quantitative estimate of drug-likeness (QED) is 0.567. The number of amides is 1. The average Bonchev–Trinajstić information content (AvgIpc) is 2.85. The van der Waals surface area contributed by atoms with E-state index in [1.54, 1.807) is 11.8 Å². The van der Waals surface area contributed by atoms with Crippen molar-refractivity contribution in [2.24, 2.45) is 0 Å². The molecule has 1 amide bonds. The maximum absolute atomic E-state index is 13.5. The molecule has 2 aliphatic rings. The second-order valence-corrected chi connectivity index (χ2v) is 8.82. The number of fused-ring (bicyclic) bond motifs is 3. The van der Waals surface area contributed by atoms with E-state index in [1.165, 1.54) is 0 Å². The third kappa shape index (κ3) is 4.00. The Kier molecular flexibility index (Phi) is 5.85. The smallest absolute Gasteiger partial charge is 0.339 e. The molecular formula is C27H29N3O3. The second kappa shape index (κ2) is 8.94. The van der Waals surface area contributed by atoms with Gasteiger partial charge in [-0.15, -0.1) is 0 Å². The van der Waals surface area contributed by atoms with Gasteiger partial charge in [0.05, 0.1) is 11.1 Å². The molecule has 0 bridgehead atoms. The van der Waals surface area contributed by atoms with Crippen LogP contribution in [0.25, 0.3) is 10.9 Å². The number of hydrogen-bond acceptors (Lipinski definition) is 5. The maximum atomic E-state index is 13.5. The fraction of sp³-hybridized carbons (Fsp3) is 0.370. The van der Waals surface area contributed by atoms with Crippen molar-refractivity contribution in [1.82, 2.24) is 9.88 Å². The Labute approximate surface area is 194 Å². The molecule has 2 aliphatic heterocycles. The molecule has 33 heavy (non-hydrogen) atoms. The first kappa shape index (κ1) is 21.6. The van der Waals surface area contributed by atoms with E-state index < -0.39 is 12.1 Å². The maximum Gasteiger partial charge on any atom is 0.339 e. The highest BCUT2D eigenvalue weighted by molar-refractivity contribution is 6.06. The Morgan fingerprint density at radius 3 is 2.70 bits per heavy atom. The van der Waals surface area contributed by atoms with Gasteiger partial charge in [-0.3, -0.25) is 14.7 Å². The molecule has 0 saturated heterocycles. The van der Waals surface area contributed by atoms with E-state index in [9.17, 15) is 9.59 Å². The first-order chi connectivity index (χ1) is 16.1. The molecule has 6 nitrogen and oxygen atoms in total. The summed E-state index contributed by atoms with van der Waals surface area (Å²) in [5.74, 6) is -0.633. The Morgan fingerprint density at radius 2 is 1.85 bits per heavy atom. The zero-order valence-electron chi connectivity index (χ0n) is 19.2. The highest BCUT2D eigenvalue weighted by Crippen LogP contribution is 2.30. The van der Waals surface area contributed by atoms with E-state index in [0.29, 0.717) is 18.7 Å². The van der Waals surface area contributed by atoms with E-state index in [4.69, 9.17) is 9.72 Å². The van der Waals surface area contributed by atoms with E-state index >= 15 is 0 Å². The molecule has 0 aliphatic carbocycles. The molecular weight excluding hydrogens is 414 g/mol. The van der Waals surface area contributed by atoms with Crippen molar-refractivity contribution in [2.45, 2.75) is 45.8 Å². The molecule has 6 heteroatoms. The zero-order chi connectivity index (χ0) is 22.9. The normalized spacial score (nSPS) is 16.7. The van der Waals surface area contributed by atoms with Crippen LogP contribution in [0.3, 0.4) is 0 Å². The number of carbonyl (C=O) groups is 2. The van der Waals surface area contributed by atoms with Crippen LogP contribution < -0.4 is 4.90 Å². The number of esters is 1. The molecule has 0 spiro atoms. The van der Waals surface area contributed by atoms with Gasteiger partial charge in [-0.2, -0.15) is 0 Å². The summed E-state index contributed by atoms with van der Waals surface area (Å²) in [6, 6.07) is 15.6. The molecule has 0 saturated carbocycles. The molecule has 2 aromatic carbocycles. The van der Waals surface area contributed by atoms with Gasteiger partial charge in [0.1, 0.15) is 0 Å². The summed E-state index contributed by atoms with van der Waals surface area (Å²) >= 11 is 0. The van der Waals surface area contributed by atoms with Gasteiger partial charge in [0.25, 0.3) is 5.91 Å². The largest absolute Gasteiger partial charge is 0.449 e. The van der Waals surface area contributed by atoms with E-state index in [-0.39, 0.29) is 5.91 Å². The fourth-order valence-electron chi connectivity index (χ4n) is 5.00. The highest BCUT2D eigenvalue weighted by atomic mass is 16.5. The molecule has 1 unspecified atom stereocenters. The van der Waals surface area contributed by atoms with Gasteiger partial charge < -0.3 is 9.64 Å². The predicted octanol–water partition coefficient (Wildman–Crippen LogP) is 4.14. The standard InChI is InChI=1S/C27H29N3O3/c1-3-29-16-14-23-21(17-29)25(20-11-5-6-12-22(20)28-23)27(32)33-18(2)26(31)30-15-8-10-19-9-4-7-13-24(19)30/h4-7,9,11-13,18H,3,8,10,14-17H2,1-2H3. The lowest BCUT2D eigenvalue weighted by molar-refractivity contribution is -0.126. The number of para-hydroxylation sites is 2. The number of likely N-dealkylation sites (N-methyl/N-ethyl adjacent to an activating group) is 1. The Bertz CT molecular complexity index is 1220. The van der Waals surface area contributed by atoms with Crippen molar-refractivity contribution in [2.75, 3.05) is 24.5 Å². The van der Waals surface area contributed by atoms with Crippen LogP contribution in [0.15, 0.2) is 48.5 Å². The van der Waals surface area contributed by atoms with Gasteiger partial charge in [0.2, 0.25) is 0 Å². The van der Waals surface area contributed by atoms with Gasteiger partial charge in [-0.1, -0.05) is 43.3 Å². The van der Waals surface area contributed by atoms with E-state index in [2.05, 4.69) is 17.9 Å². The Morgan fingerprint density at radius 1 is 1.06 bits per heavy atom. The van der Waals surface area contributed by atoms with Crippen LogP contribution in [0, 0.1) is 0 Å². The first-order valence-electron chi connectivity index (χ1n) is 11.8. The van der Waals surface area contributed by atoms with Crippen molar-refractivity contribution in [3.63, 3.8) is 0 Å². The number of anilines is 1. The fourth-order valence-corrected chi connectivity index (χ4v) is 5.00. The number of nitrogens with zero attached hydrogens (tertiary/aromatic N) is 3. The summed E-state index contributed by atoms with van der Waals surface area (Å²) in [6.45, 7) is 6.92. The number of hydrogen-bond donors (Lipinski definition) is 0. The summed E-state index contributed by atoms with van der Waals surface area (Å²) in [6.07, 6.45) is 1.78. The molecule has 3 aromatic rings. The number of rotatable bonds is 4. The molecule has 1 aromatic heterocycles. The number of aromatic nitrogens is 1. The predicted molar refractivity (Wildman–Crippen MR) is 128 cm³/mol. The van der Waals surface area contributed by atoms with Crippen molar-refractivity contribution < 1.29 is 14.3 Å². The molecule has 3 heterocycles. The minimum absolute atomic E-state index is 0.182. The van der Waals surface area contributed by atoms with Gasteiger partial charge in [0, 0.05) is 48.4 Å². The number of carbonyl (C=O) groups excluding carboxylic acids is 2. The first-order valence-corrected chi connectivity index (χ1v) is 11.8. The van der Waals surface area contributed by atoms with Crippen LogP contribution in [0.4, 0.5) is 5.69 Å². The van der Waals surface area contributed by atoms with Crippen LogP contribution in [0.5, 0.6) is 0 Å². The number of pyridine rings is 1. The molecule has 0 N–H and O–H groups in total. The third-order valence-corrected chi connectivity index (χ3v) is 6.78. The molecule has 1 atom stereocenters. The molecule has 0 fully saturated rings. The summed E-state index contributed by atoms with van der Waals surface area (Å²) in [4.78, 5) is 35.7. The zero-order valence-corrected chi connectivity index (χ0v) is 19.2. The number of benzene rings is 2. The van der Waals surface area contributed by atoms with Crippen LogP contribution >= 0.6 is 0 Å². The van der Waals surface area contributed by atoms with Crippen LogP contribution in [-0.4, -0.2) is 47.5 Å². The van der Waals surface area contributed by atoms with Gasteiger partial charge >= 0.3 is 5.97 Å². The van der Waals surface area contributed by atoms with Crippen LogP contribution in [0.2, 0.25) is 0 Å². The van der Waals surface area contributed by atoms with Crippen LogP contribution in [-0.2, 0) is 28.9 Å². The van der Waals surface area contributed by atoms with Crippen molar-refractivity contribution >= 4 is 28.5 Å². The van der Waals surface area contributed by atoms with E-state index in [0.717, 1.165) is 65.8 Å². The second-order valence-electron chi connectivity index (χ2n) is 8.82. The van der Waals surface area contributed by atoms with Gasteiger partial charge in [-0.05, 0) is 44.0 Å². The molecule has 0 radical (unpaired) electrons. The van der Waals surface area contributed by atoms with E-state index in [1.807, 2.05) is 42.5 Å². The number of ether oxygens (including phenoxy) is 1. The van der Waals surface area contributed by atoms with Crippen molar-refractivity contribution in [3.8, 4) is 0 Å². The molecule has 170 valence electrons. The Hall–Kier alpha value is -3.25. The third-order valence-electron chi connectivity index (χ3n) is 6.78. The lowest BCUT2D eigenvalue weighted by atomic mass is 9.95. The summed E-state index contributed by atoms with van der Waals surface area (Å²) < 4.78 is 5.83. The lowest BCUT2D eigenvalue weighted by Gasteiger charge is -2.31. The molecule has 5 rings (SSSR count). The Balaban J connectivity index is 1.46. The monoisotopic (exact) mass is 443 g/mol. The lowest BCUT2D eigenvalue weighted by Crippen LogP contribution is -2.43. The SMILES string of the molecule is CCN1CCc2nc3ccccc3c(C(=O)OC(C)C(=O)N3CCCc4ccccc43)c2C1. The van der Waals surface area contributed by atoms with Crippen molar-refractivity contribution in [3.05, 3.63) is 70.9 Å². The summed E-state index contributed by atoms with van der Waals surface area (Å²) in [5, 5.41) is 0.780. The van der Waals surface area contributed by atoms with Crippen LogP contribution in [0.1, 0.15) is 47.4 Å². The minimum atomic E-state index is -0.878. The topological polar surface area (TPSA) is 62.7 Å². The summed E-state index contributed by atoms with van der Waals surface area (Å²) in [5.41, 5.74) is 5.29. The number of aryl methyl sites for hydroxylation is 1. The summed E-state index contributed by atoms with van der Waals surface area (Å²) in [7, 11) is 0. The minimum Gasteiger partial charge on any atom is -0.449 e. The average molecular weight is 444 g/mol. The van der Waals surface area contributed by atoms with Crippen molar-refractivity contribution in [1.29, 1.82) is 0 Å². The highest BCUT2D eigenvalue weighted by Gasteiger charge is 2.31. The van der Waals surface area contributed by atoms with Gasteiger partial charge in [0.15, 0.2) is 6.10 Å².